The molecule has 196 valence electrons. The Balaban J connectivity index is 1.52. The molecule has 0 spiro atoms. The lowest BCUT2D eigenvalue weighted by molar-refractivity contribution is -0.122. The van der Waals surface area contributed by atoms with Gasteiger partial charge in [-0.05, 0) is 47.4 Å². The molecule has 1 N–H and O–H groups in total. The number of sulfonamides is 2. The molecule has 1 unspecified atom stereocenters. The van der Waals surface area contributed by atoms with Crippen LogP contribution in [0.1, 0.15) is 26.3 Å². The van der Waals surface area contributed by atoms with Crippen LogP contribution in [0.15, 0.2) is 47.4 Å². The van der Waals surface area contributed by atoms with Crippen LogP contribution < -0.4 is 14.4 Å². The van der Waals surface area contributed by atoms with Gasteiger partial charge in [0.1, 0.15) is 5.75 Å². The van der Waals surface area contributed by atoms with Crippen LogP contribution in [0.3, 0.4) is 0 Å². The van der Waals surface area contributed by atoms with Crippen molar-refractivity contribution < 1.29 is 31.1 Å². The van der Waals surface area contributed by atoms with E-state index in [1.54, 1.807) is 12.1 Å². The second-order valence-corrected chi connectivity index (χ2v) is 13.7. The minimum atomic E-state index is -3.68. The lowest BCUT2D eigenvalue weighted by Gasteiger charge is -2.35. The van der Waals surface area contributed by atoms with Crippen LogP contribution in [-0.2, 0) is 35.0 Å². The maximum atomic E-state index is 13.0. The Morgan fingerprint density at radius 3 is 2.22 bits per heavy atom. The highest BCUT2D eigenvalue weighted by molar-refractivity contribution is 7.92. The van der Waals surface area contributed by atoms with E-state index in [1.165, 1.54) is 32.9 Å². The fraction of sp³-hybridized carbons (Fsp3) is 0.458. The Hall–Kier alpha value is -2.67. The predicted octanol–water partition coefficient (Wildman–Crippen LogP) is 2.17. The van der Waals surface area contributed by atoms with E-state index < -0.39 is 32.1 Å². The molecule has 0 bridgehead atoms. The zero-order chi connectivity index (χ0) is 26.3. The van der Waals surface area contributed by atoms with Gasteiger partial charge in [0.05, 0.1) is 36.6 Å². The van der Waals surface area contributed by atoms with E-state index in [0.717, 1.165) is 11.8 Å². The summed E-state index contributed by atoms with van der Waals surface area (Å²) in [5.41, 5.74) is 1.50. The van der Waals surface area contributed by atoms with Gasteiger partial charge < -0.3 is 14.8 Å². The molecule has 2 heterocycles. The van der Waals surface area contributed by atoms with Gasteiger partial charge in [-0.25, -0.2) is 16.8 Å². The van der Waals surface area contributed by atoms with Crippen LogP contribution >= 0.6 is 0 Å². The molecule has 12 heteroatoms. The maximum Gasteiger partial charge on any atom is 0.267 e. The molecule has 36 heavy (non-hydrogen) atoms. The molecular formula is C24H31N3O7S2. The highest BCUT2D eigenvalue weighted by Crippen LogP contribution is 2.38. The van der Waals surface area contributed by atoms with E-state index >= 15 is 0 Å². The van der Waals surface area contributed by atoms with Crippen molar-refractivity contribution in [1.82, 2.24) is 4.31 Å². The minimum absolute atomic E-state index is 0.114. The third-order valence-corrected chi connectivity index (χ3v) is 9.18. The number of anilines is 2. The highest BCUT2D eigenvalue weighted by atomic mass is 32.2. The largest absolute Gasteiger partial charge is 0.476 e. The van der Waals surface area contributed by atoms with Crippen molar-refractivity contribution in [2.75, 3.05) is 48.7 Å². The van der Waals surface area contributed by atoms with E-state index in [2.05, 4.69) is 5.32 Å². The number of amides is 1. The number of benzene rings is 2. The van der Waals surface area contributed by atoms with Gasteiger partial charge in [-0.15, -0.1) is 0 Å². The minimum Gasteiger partial charge on any atom is -0.476 e. The summed E-state index contributed by atoms with van der Waals surface area (Å²) in [5, 5.41) is 2.69. The van der Waals surface area contributed by atoms with E-state index in [0.29, 0.717) is 30.3 Å². The molecule has 0 saturated carbocycles. The number of carbonyl (C=O) groups is 1. The van der Waals surface area contributed by atoms with Crippen LogP contribution in [0.2, 0.25) is 0 Å². The Kier molecular flexibility index (Phi) is 7.08. The molecule has 1 saturated heterocycles. The zero-order valence-corrected chi connectivity index (χ0v) is 22.4. The second-order valence-electron chi connectivity index (χ2n) is 9.86. The molecule has 1 fully saturated rings. The third-order valence-electron chi connectivity index (χ3n) is 6.12. The first kappa shape index (κ1) is 26.4. The van der Waals surface area contributed by atoms with Crippen molar-refractivity contribution in [2.24, 2.45) is 0 Å². The summed E-state index contributed by atoms with van der Waals surface area (Å²) in [7, 11) is -7.34. The molecule has 2 aromatic carbocycles. The molecule has 0 aromatic heterocycles. The molecule has 0 aliphatic carbocycles. The molecule has 4 rings (SSSR count). The zero-order valence-electron chi connectivity index (χ0n) is 20.7. The van der Waals surface area contributed by atoms with Gasteiger partial charge in [0.15, 0.2) is 6.10 Å². The van der Waals surface area contributed by atoms with Gasteiger partial charge in [0, 0.05) is 18.8 Å². The average molecular weight is 538 g/mol. The Bertz CT molecular complexity index is 1350. The quantitative estimate of drug-likeness (QED) is 0.620. The fourth-order valence-corrected chi connectivity index (χ4v) is 6.35. The van der Waals surface area contributed by atoms with Crippen molar-refractivity contribution in [3.63, 3.8) is 0 Å². The number of hydrogen-bond acceptors (Lipinski definition) is 7. The van der Waals surface area contributed by atoms with Gasteiger partial charge in [0.2, 0.25) is 20.0 Å². The number of nitrogens with one attached hydrogen (secondary N) is 1. The number of morpholine rings is 1. The average Bonchev–Trinajstić information content (AvgIpc) is 2.82. The van der Waals surface area contributed by atoms with Gasteiger partial charge in [0.25, 0.3) is 5.91 Å². The SMILES string of the molecule is CC(C)(C)c1ccc2c(c1)N(S(C)(=O)=O)CC(C(=O)Nc1ccc(S(=O)(=O)N3CCOCC3)cc1)O2. The van der Waals surface area contributed by atoms with Crippen LogP contribution in [0.4, 0.5) is 11.4 Å². The van der Waals surface area contributed by atoms with E-state index in [9.17, 15) is 21.6 Å². The number of ether oxygens (including phenoxy) is 2. The van der Waals surface area contributed by atoms with Crippen LogP contribution in [-0.4, -0.2) is 72.3 Å². The topological polar surface area (TPSA) is 122 Å². The first-order valence-corrected chi connectivity index (χ1v) is 14.8. The van der Waals surface area contributed by atoms with Crippen molar-refractivity contribution in [3.8, 4) is 5.75 Å². The number of carbonyl (C=O) groups excluding carboxylic acids is 1. The lowest BCUT2D eigenvalue weighted by Crippen LogP contribution is -2.48. The van der Waals surface area contributed by atoms with E-state index in [1.807, 2.05) is 26.8 Å². The molecule has 0 radical (unpaired) electrons. The summed E-state index contributed by atoms with van der Waals surface area (Å²) in [6.07, 6.45) is -0.00136. The van der Waals surface area contributed by atoms with Crippen LogP contribution in [0, 0.1) is 0 Å². The summed E-state index contributed by atoms with van der Waals surface area (Å²) in [4.78, 5) is 13.1. The summed E-state index contributed by atoms with van der Waals surface area (Å²) in [5.74, 6) is -0.246. The lowest BCUT2D eigenvalue weighted by atomic mass is 9.86. The van der Waals surface area contributed by atoms with Crippen molar-refractivity contribution in [3.05, 3.63) is 48.0 Å². The first-order chi connectivity index (χ1) is 16.8. The Labute approximate surface area is 212 Å². The Morgan fingerprint density at radius 2 is 1.64 bits per heavy atom. The van der Waals surface area contributed by atoms with Crippen molar-refractivity contribution in [2.45, 2.75) is 37.2 Å². The normalized spacial score (nSPS) is 19.3. The fourth-order valence-electron chi connectivity index (χ4n) is 4.04. The standard InChI is InChI=1S/C24H31N3O7S2/c1-24(2,3)17-5-10-21-20(15-17)27(35(4,29)30)16-22(34-21)23(28)25-18-6-8-19(9-7-18)36(31,32)26-11-13-33-14-12-26/h5-10,15,22H,11-14,16H2,1-4H3,(H,25,28). The predicted molar refractivity (Wildman–Crippen MR) is 136 cm³/mol. The summed E-state index contributed by atoms with van der Waals surface area (Å²) in [6.45, 7) is 7.16. The van der Waals surface area contributed by atoms with E-state index in [-0.39, 0.29) is 29.9 Å². The Morgan fingerprint density at radius 1 is 1.00 bits per heavy atom. The number of nitrogens with zero attached hydrogens (tertiary/aromatic N) is 2. The van der Waals surface area contributed by atoms with Crippen LogP contribution in [0.5, 0.6) is 5.75 Å². The second kappa shape index (κ2) is 9.66. The highest BCUT2D eigenvalue weighted by Gasteiger charge is 2.36. The molecule has 10 nitrogen and oxygen atoms in total. The van der Waals surface area contributed by atoms with Crippen LogP contribution in [0.25, 0.3) is 0 Å². The van der Waals surface area contributed by atoms with Crippen molar-refractivity contribution in [1.29, 1.82) is 0 Å². The molecule has 2 aromatic rings. The number of hydrogen-bond donors (Lipinski definition) is 1. The van der Waals surface area contributed by atoms with Crippen molar-refractivity contribution >= 4 is 37.3 Å². The summed E-state index contributed by atoms with van der Waals surface area (Å²) in [6, 6.07) is 11.1. The summed E-state index contributed by atoms with van der Waals surface area (Å²) >= 11 is 0. The monoisotopic (exact) mass is 537 g/mol. The van der Waals surface area contributed by atoms with Gasteiger partial charge in [-0.1, -0.05) is 26.8 Å². The first-order valence-electron chi connectivity index (χ1n) is 11.5. The van der Waals surface area contributed by atoms with Gasteiger partial charge >= 0.3 is 0 Å². The third kappa shape index (κ3) is 5.51. The number of rotatable bonds is 5. The molecule has 1 atom stereocenters. The van der Waals surface area contributed by atoms with E-state index in [4.69, 9.17) is 9.47 Å². The molecule has 2 aliphatic rings. The maximum absolute atomic E-state index is 13.0. The molecule has 1 amide bonds. The smallest absolute Gasteiger partial charge is 0.267 e. The van der Waals surface area contributed by atoms with Gasteiger partial charge in [-0.3, -0.25) is 9.10 Å². The van der Waals surface area contributed by atoms with Gasteiger partial charge in [-0.2, -0.15) is 4.31 Å². The number of fused-ring (bicyclic) bond motifs is 1. The molecular weight excluding hydrogens is 506 g/mol. The summed E-state index contributed by atoms with van der Waals surface area (Å²) < 4.78 is 64.4. The molecule has 2 aliphatic heterocycles.